The van der Waals surface area contributed by atoms with Crippen LogP contribution in [0.3, 0.4) is 0 Å². The van der Waals surface area contributed by atoms with Crippen molar-refractivity contribution in [2.24, 2.45) is 5.73 Å². The summed E-state index contributed by atoms with van der Waals surface area (Å²) in [6.45, 7) is 7.71. The van der Waals surface area contributed by atoms with Gasteiger partial charge in [-0.2, -0.15) is 0 Å². The maximum Gasteiger partial charge on any atom is 0.119 e. The van der Waals surface area contributed by atoms with E-state index in [1.807, 2.05) is 24.3 Å². The smallest absolute Gasteiger partial charge is 0.119 e. The van der Waals surface area contributed by atoms with Gasteiger partial charge in [0, 0.05) is 16.6 Å². The van der Waals surface area contributed by atoms with Crippen molar-refractivity contribution in [1.29, 1.82) is 0 Å². The first-order valence-corrected chi connectivity index (χ1v) is 7.90. The molecule has 0 unspecified atom stereocenters. The van der Waals surface area contributed by atoms with E-state index in [2.05, 4.69) is 54.9 Å². The molecule has 0 amide bonds. The highest BCUT2D eigenvalue weighted by atomic mass is 79.9. The third-order valence-electron chi connectivity index (χ3n) is 3.47. The molecule has 112 valence electrons. The number of halogens is 1. The van der Waals surface area contributed by atoms with Crippen LogP contribution in [0.5, 0.6) is 5.75 Å². The molecular formula is C18H22BrNO. The molecule has 0 aromatic heterocycles. The summed E-state index contributed by atoms with van der Waals surface area (Å²) in [7, 11) is 0. The molecule has 0 aliphatic rings. The zero-order valence-electron chi connectivity index (χ0n) is 12.8. The Morgan fingerprint density at radius 3 is 2.24 bits per heavy atom. The van der Waals surface area contributed by atoms with Crippen LogP contribution in [-0.4, -0.2) is 0 Å². The Balaban J connectivity index is 2.03. The van der Waals surface area contributed by atoms with E-state index in [0.717, 1.165) is 21.3 Å². The van der Waals surface area contributed by atoms with Crippen LogP contribution in [0.2, 0.25) is 0 Å². The predicted octanol–water partition coefficient (Wildman–Crippen LogP) is 4.78. The largest absolute Gasteiger partial charge is 0.489 e. The zero-order valence-corrected chi connectivity index (χ0v) is 14.4. The average molecular weight is 348 g/mol. The number of hydrogen-bond donors (Lipinski definition) is 1. The first-order valence-electron chi connectivity index (χ1n) is 7.11. The number of hydrogen-bond acceptors (Lipinski definition) is 2. The quantitative estimate of drug-likeness (QED) is 0.863. The Bertz CT molecular complexity index is 600. The lowest BCUT2D eigenvalue weighted by Crippen LogP contribution is -2.10. The standard InChI is InChI=1S/C18H22BrNO/c1-18(2,3)15-6-8-16(9-7-15)21-12-14-5-4-13(11-20)10-17(14)19/h4-10H,11-12,20H2,1-3H3. The van der Waals surface area contributed by atoms with E-state index in [4.69, 9.17) is 10.5 Å². The minimum absolute atomic E-state index is 0.166. The van der Waals surface area contributed by atoms with Crippen LogP contribution in [0.25, 0.3) is 0 Å². The highest BCUT2D eigenvalue weighted by Crippen LogP contribution is 2.25. The van der Waals surface area contributed by atoms with Crippen molar-refractivity contribution < 1.29 is 4.74 Å². The van der Waals surface area contributed by atoms with Crippen molar-refractivity contribution in [2.75, 3.05) is 0 Å². The van der Waals surface area contributed by atoms with Gasteiger partial charge in [0.25, 0.3) is 0 Å². The number of ether oxygens (including phenoxy) is 1. The first-order chi connectivity index (χ1) is 9.90. The van der Waals surface area contributed by atoms with Gasteiger partial charge in [0.2, 0.25) is 0 Å². The molecule has 0 saturated heterocycles. The molecule has 21 heavy (non-hydrogen) atoms. The van der Waals surface area contributed by atoms with Crippen LogP contribution in [0.4, 0.5) is 0 Å². The summed E-state index contributed by atoms with van der Waals surface area (Å²) in [6, 6.07) is 14.4. The van der Waals surface area contributed by atoms with E-state index < -0.39 is 0 Å². The number of nitrogens with two attached hydrogens (primary N) is 1. The number of benzene rings is 2. The summed E-state index contributed by atoms with van der Waals surface area (Å²) in [4.78, 5) is 0. The third-order valence-corrected chi connectivity index (χ3v) is 4.21. The van der Waals surface area contributed by atoms with Crippen LogP contribution in [0, 0.1) is 0 Å². The van der Waals surface area contributed by atoms with Crippen molar-refractivity contribution in [3.05, 3.63) is 63.6 Å². The van der Waals surface area contributed by atoms with Crippen LogP contribution in [0.15, 0.2) is 46.9 Å². The zero-order chi connectivity index (χ0) is 15.5. The topological polar surface area (TPSA) is 35.2 Å². The second-order valence-electron chi connectivity index (χ2n) is 6.19. The average Bonchev–Trinajstić information content (AvgIpc) is 2.45. The lowest BCUT2D eigenvalue weighted by molar-refractivity contribution is 0.305. The van der Waals surface area contributed by atoms with Crippen molar-refractivity contribution >= 4 is 15.9 Å². The molecule has 3 heteroatoms. The molecule has 0 saturated carbocycles. The third kappa shape index (κ3) is 4.32. The molecule has 0 bridgehead atoms. The molecule has 0 atom stereocenters. The molecule has 2 nitrogen and oxygen atoms in total. The van der Waals surface area contributed by atoms with Crippen molar-refractivity contribution in [2.45, 2.75) is 39.3 Å². The molecule has 0 aliphatic carbocycles. The van der Waals surface area contributed by atoms with Gasteiger partial charge < -0.3 is 10.5 Å². The van der Waals surface area contributed by atoms with Crippen LogP contribution >= 0.6 is 15.9 Å². The van der Waals surface area contributed by atoms with Crippen molar-refractivity contribution in [3.63, 3.8) is 0 Å². The Morgan fingerprint density at radius 2 is 1.71 bits per heavy atom. The summed E-state index contributed by atoms with van der Waals surface area (Å²) < 4.78 is 6.89. The Labute approximate surface area is 135 Å². The Hall–Kier alpha value is -1.32. The van der Waals surface area contributed by atoms with Crippen molar-refractivity contribution in [3.8, 4) is 5.75 Å². The first kappa shape index (κ1) is 16.1. The fourth-order valence-corrected chi connectivity index (χ4v) is 2.59. The molecule has 0 fully saturated rings. The fraction of sp³-hybridized carbons (Fsp3) is 0.333. The van der Waals surface area contributed by atoms with Gasteiger partial charge in [0.05, 0.1) is 0 Å². The summed E-state index contributed by atoms with van der Waals surface area (Å²) in [5, 5.41) is 0. The maximum absolute atomic E-state index is 5.85. The van der Waals surface area contributed by atoms with E-state index in [1.165, 1.54) is 5.56 Å². The minimum atomic E-state index is 0.166. The molecular weight excluding hydrogens is 326 g/mol. The van der Waals surface area contributed by atoms with Gasteiger partial charge in [-0.1, -0.05) is 61.0 Å². The SMILES string of the molecule is CC(C)(C)c1ccc(OCc2ccc(CN)cc2Br)cc1. The molecule has 2 aromatic carbocycles. The fourth-order valence-electron chi connectivity index (χ4n) is 2.05. The maximum atomic E-state index is 5.85. The van der Waals surface area contributed by atoms with Gasteiger partial charge in [0.1, 0.15) is 12.4 Å². The van der Waals surface area contributed by atoms with Crippen LogP contribution in [-0.2, 0) is 18.6 Å². The van der Waals surface area contributed by atoms with E-state index in [-0.39, 0.29) is 5.41 Å². The monoisotopic (exact) mass is 347 g/mol. The number of rotatable bonds is 4. The van der Waals surface area contributed by atoms with Gasteiger partial charge >= 0.3 is 0 Å². The highest BCUT2D eigenvalue weighted by Gasteiger charge is 2.13. The molecule has 2 rings (SSSR count). The van der Waals surface area contributed by atoms with E-state index >= 15 is 0 Å². The van der Waals surface area contributed by atoms with Crippen LogP contribution in [0.1, 0.15) is 37.5 Å². The van der Waals surface area contributed by atoms with Crippen LogP contribution < -0.4 is 10.5 Å². The van der Waals surface area contributed by atoms with E-state index in [1.54, 1.807) is 0 Å². The van der Waals surface area contributed by atoms with Gasteiger partial charge in [-0.15, -0.1) is 0 Å². The van der Waals surface area contributed by atoms with Crippen molar-refractivity contribution in [1.82, 2.24) is 0 Å². The van der Waals surface area contributed by atoms with Gasteiger partial charge in [0.15, 0.2) is 0 Å². The van der Waals surface area contributed by atoms with E-state index in [9.17, 15) is 0 Å². The van der Waals surface area contributed by atoms with E-state index in [0.29, 0.717) is 13.2 Å². The molecule has 0 spiro atoms. The van der Waals surface area contributed by atoms with Gasteiger partial charge in [-0.25, -0.2) is 0 Å². The predicted molar refractivity (Wildman–Crippen MR) is 91.5 cm³/mol. The second-order valence-corrected chi connectivity index (χ2v) is 7.05. The lowest BCUT2D eigenvalue weighted by atomic mass is 9.87. The minimum Gasteiger partial charge on any atom is -0.489 e. The second kappa shape index (κ2) is 6.63. The molecule has 0 heterocycles. The molecule has 2 aromatic rings. The Kier molecular flexibility index (Phi) is 5.07. The molecule has 0 aliphatic heterocycles. The Morgan fingerprint density at radius 1 is 1.05 bits per heavy atom. The summed E-state index contributed by atoms with van der Waals surface area (Å²) in [6.07, 6.45) is 0. The van der Waals surface area contributed by atoms with Gasteiger partial charge in [-0.05, 0) is 34.7 Å². The summed E-state index contributed by atoms with van der Waals surface area (Å²) in [5.41, 5.74) is 9.33. The summed E-state index contributed by atoms with van der Waals surface area (Å²) in [5.74, 6) is 0.887. The molecule has 2 N–H and O–H groups in total. The highest BCUT2D eigenvalue weighted by molar-refractivity contribution is 9.10. The molecule has 0 radical (unpaired) electrons. The van der Waals surface area contributed by atoms with Gasteiger partial charge in [-0.3, -0.25) is 0 Å². The summed E-state index contributed by atoms with van der Waals surface area (Å²) >= 11 is 3.56. The normalized spacial score (nSPS) is 11.5. The lowest BCUT2D eigenvalue weighted by Gasteiger charge is -2.19.